The van der Waals surface area contributed by atoms with Crippen LogP contribution in [0.4, 0.5) is 5.69 Å². The molecule has 7 nitrogen and oxygen atoms in total. The standard InChI is InChI=1S/C13H14N2O5/c16-12(9-3-1-5-11(7-9)15(19)20)14-6-2-4-10(8-14)13(17)18/h1,3,5,7,10H,2,4,6,8H2,(H,17,18). The zero-order valence-corrected chi connectivity index (χ0v) is 10.7. The van der Waals surface area contributed by atoms with Crippen molar-refractivity contribution in [3.63, 3.8) is 0 Å². The Hall–Kier alpha value is -2.44. The molecular formula is C13H14N2O5. The number of nitro groups is 1. The molecule has 1 aromatic carbocycles. The number of benzene rings is 1. The highest BCUT2D eigenvalue weighted by atomic mass is 16.6. The topological polar surface area (TPSA) is 101 Å². The molecule has 0 saturated carbocycles. The molecule has 0 bridgehead atoms. The third-order valence-corrected chi connectivity index (χ3v) is 3.36. The molecule has 1 saturated heterocycles. The van der Waals surface area contributed by atoms with Crippen LogP contribution in [0.3, 0.4) is 0 Å². The van der Waals surface area contributed by atoms with Crippen LogP contribution in [0.15, 0.2) is 24.3 Å². The van der Waals surface area contributed by atoms with Crippen LogP contribution in [0.25, 0.3) is 0 Å². The van der Waals surface area contributed by atoms with E-state index in [1.807, 2.05) is 0 Å². The lowest BCUT2D eigenvalue weighted by molar-refractivity contribution is -0.384. The normalized spacial score (nSPS) is 18.6. The Bertz CT molecular complexity index is 557. The van der Waals surface area contributed by atoms with Gasteiger partial charge in [-0.1, -0.05) is 6.07 Å². The van der Waals surface area contributed by atoms with E-state index in [-0.39, 0.29) is 23.7 Å². The number of carboxylic acids is 1. The van der Waals surface area contributed by atoms with Gasteiger partial charge in [-0.15, -0.1) is 0 Å². The SMILES string of the molecule is O=C(O)C1CCCN(C(=O)c2cccc([N+](=O)[O-])c2)C1. The minimum Gasteiger partial charge on any atom is -0.481 e. The van der Waals surface area contributed by atoms with Crippen molar-refractivity contribution < 1.29 is 19.6 Å². The van der Waals surface area contributed by atoms with E-state index in [0.717, 1.165) is 0 Å². The van der Waals surface area contributed by atoms with Crippen LogP contribution in [-0.2, 0) is 4.79 Å². The van der Waals surface area contributed by atoms with Gasteiger partial charge in [-0.2, -0.15) is 0 Å². The number of rotatable bonds is 3. The summed E-state index contributed by atoms with van der Waals surface area (Å²) in [6.45, 7) is 0.627. The summed E-state index contributed by atoms with van der Waals surface area (Å²) >= 11 is 0. The van der Waals surface area contributed by atoms with Gasteiger partial charge in [-0.25, -0.2) is 0 Å². The van der Waals surface area contributed by atoms with E-state index in [4.69, 9.17) is 5.11 Å². The van der Waals surface area contributed by atoms with E-state index >= 15 is 0 Å². The van der Waals surface area contributed by atoms with Crippen LogP contribution in [0.2, 0.25) is 0 Å². The molecule has 0 aliphatic carbocycles. The van der Waals surface area contributed by atoms with Crippen LogP contribution < -0.4 is 0 Å². The van der Waals surface area contributed by atoms with Crippen molar-refractivity contribution in [3.05, 3.63) is 39.9 Å². The monoisotopic (exact) mass is 278 g/mol. The minimum atomic E-state index is -0.915. The zero-order chi connectivity index (χ0) is 14.7. The van der Waals surface area contributed by atoms with Crippen LogP contribution in [0, 0.1) is 16.0 Å². The summed E-state index contributed by atoms with van der Waals surface area (Å²) in [7, 11) is 0. The summed E-state index contributed by atoms with van der Waals surface area (Å²) in [5, 5.41) is 19.7. The lowest BCUT2D eigenvalue weighted by Crippen LogP contribution is -2.42. The molecule has 2 rings (SSSR count). The fourth-order valence-electron chi connectivity index (χ4n) is 2.30. The predicted octanol–water partition coefficient (Wildman–Crippen LogP) is 1.53. The Morgan fingerprint density at radius 2 is 2.15 bits per heavy atom. The van der Waals surface area contributed by atoms with E-state index in [9.17, 15) is 19.7 Å². The van der Waals surface area contributed by atoms with Gasteiger partial charge < -0.3 is 10.0 Å². The zero-order valence-electron chi connectivity index (χ0n) is 10.7. The molecule has 20 heavy (non-hydrogen) atoms. The molecule has 1 heterocycles. The molecule has 0 aromatic heterocycles. The van der Waals surface area contributed by atoms with Crippen LogP contribution in [0.5, 0.6) is 0 Å². The molecule has 1 N–H and O–H groups in total. The Balaban J connectivity index is 2.16. The second-order valence-electron chi connectivity index (χ2n) is 4.74. The Kier molecular flexibility index (Phi) is 3.97. The quantitative estimate of drug-likeness (QED) is 0.667. The van der Waals surface area contributed by atoms with Crippen molar-refractivity contribution in [1.29, 1.82) is 0 Å². The Morgan fingerprint density at radius 3 is 2.80 bits per heavy atom. The highest BCUT2D eigenvalue weighted by Gasteiger charge is 2.29. The van der Waals surface area contributed by atoms with Crippen molar-refractivity contribution >= 4 is 17.6 Å². The molecule has 1 fully saturated rings. The molecule has 7 heteroatoms. The number of non-ortho nitro benzene ring substituents is 1. The molecule has 0 spiro atoms. The average molecular weight is 278 g/mol. The smallest absolute Gasteiger partial charge is 0.308 e. The molecule has 1 aliphatic heterocycles. The van der Waals surface area contributed by atoms with Gasteiger partial charge in [0.05, 0.1) is 10.8 Å². The number of nitrogens with zero attached hydrogens (tertiary/aromatic N) is 2. The van der Waals surface area contributed by atoms with Gasteiger partial charge in [0, 0.05) is 30.8 Å². The maximum atomic E-state index is 12.3. The van der Waals surface area contributed by atoms with Gasteiger partial charge in [0.25, 0.3) is 11.6 Å². The Morgan fingerprint density at radius 1 is 1.40 bits per heavy atom. The van der Waals surface area contributed by atoms with E-state index in [2.05, 4.69) is 0 Å². The molecule has 1 aliphatic rings. The van der Waals surface area contributed by atoms with Crippen molar-refractivity contribution in [1.82, 2.24) is 4.90 Å². The third kappa shape index (κ3) is 2.93. The molecule has 1 unspecified atom stereocenters. The first-order chi connectivity index (χ1) is 9.49. The maximum absolute atomic E-state index is 12.3. The fraction of sp³-hybridized carbons (Fsp3) is 0.385. The highest BCUT2D eigenvalue weighted by Crippen LogP contribution is 2.20. The number of nitro benzene ring substituents is 1. The predicted molar refractivity (Wildman–Crippen MR) is 69.4 cm³/mol. The van der Waals surface area contributed by atoms with Gasteiger partial charge in [0.2, 0.25) is 0 Å². The maximum Gasteiger partial charge on any atom is 0.308 e. The fourth-order valence-corrected chi connectivity index (χ4v) is 2.30. The van der Waals surface area contributed by atoms with Crippen molar-refractivity contribution in [2.45, 2.75) is 12.8 Å². The molecule has 1 aromatic rings. The number of piperidine rings is 1. The summed E-state index contributed by atoms with van der Waals surface area (Å²) < 4.78 is 0. The van der Waals surface area contributed by atoms with Gasteiger partial charge in [0.15, 0.2) is 0 Å². The Labute approximate surface area is 115 Å². The summed E-state index contributed by atoms with van der Waals surface area (Å²) in [6, 6.07) is 5.48. The lowest BCUT2D eigenvalue weighted by atomic mass is 9.97. The second kappa shape index (κ2) is 5.68. The minimum absolute atomic E-state index is 0.150. The number of amides is 1. The van der Waals surface area contributed by atoms with Gasteiger partial charge >= 0.3 is 5.97 Å². The van der Waals surface area contributed by atoms with Crippen molar-refractivity contribution in [2.75, 3.05) is 13.1 Å². The first-order valence-corrected chi connectivity index (χ1v) is 6.25. The molecule has 1 atom stereocenters. The number of carbonyl (C=O) groups excluding carboxylic acids is 1. The van der Waals surface area contributed by atoms with Gasteiger partial charge in [0.1, 0.15) is 0 Å². The van der Waals surface area contributed by atoms with E-state index < -0.39 is 16.8 Å². The number of aliphatic carboxylic acids is 1. The second-order valence-corrected chi connectivity index (χ2v) is 4.74. The number of hydrogen-bond donors (Lipinski definition) is 1. The van der Waals surface area contributed by atoms with Crippen molar-refractivity contribution in [2.24, 2.45) is 5.92 Å². The molecule has 0 radical (unpaired) electrons. The van der Waals surface area contributed by atoms with E-state index in [0.29, 0.717) is 19.4 Å². The van der Waals surface area contributed by atoms with Crippen molar-refractivity contribution in [3.8, 4) is 0 Å². The molecular weight excluding hydrogens is 264 g/mol. The molecule has 106 valence electrons. The number of carboxylic acid groups (broad SMARTS) is 1. The summed E-state index contributed by atoms with van der Waals surface area (Å²) in [6.07, 6.45) is 1.17. The van der Waals surface area contributed by atoms with E-state index in [1.54, 1.807) is 0 Å². The lowest BCUT2D eigenvalue weighted by Gasteiger charge is -2.30. The number of likely N-dealkylation sites (tertiary alicyclic amines) is 1. The van der Waals surface area contributed by atoms with Gasteiger partial charge in [-0.3, -0.25) is 19.7 Å². The average Bonchev–Trinajstić information content (AvgIpc) is 2.46. The van der Waals surface area contributed by atoms with E-state index in [1.165, 1.54) is 29.2 Å². The highest BCUT2D eigenvalue weighted by molar-refractivity contribution is 5.95. The van der Waals surface area contributed by atoms with Crippen LogP contribution >= 0.6 is 0 Å². The first-order valence-electron chi connectivity index (χ1n) is 6.25. The third-order valence-electron chi connectivity index (χ3n) is 3.36. The number of hydrogen-bond acceptors (Lipinski definition) is 4. The summed E-state index contributed by atoms with van der Waals surface area (Å²) in [5.74, 6) is -1.84. The largest absolute Gasteiger partial charge is 0.481 e. The molecule has 1 amide bonds. The first kappa shape index (κ1) is 14.0. The summed E-state index contributed by atoms with van der Waals surface area (Å²) in [5.41, 5.74) is 0.0629. The van der Waals surface area contributed by atoms with Gasteiger partial charge in [-0.05, 0) is 18.9 Å². The van der Waals surface area contributed by atoms with Crippen LogP contribution in [-0.4, -0.2) is 39.9 Å². The van der Waals surface area contributed by atoms with Crippen LogP contribution in [0.1, 0.15) is 23.2 Å². The number of carbonyl (C=O) groups is 2. The summed E-state index contributed by atoms with van der Waals surface area (Å²) in [4.78, 5) is 34.8.